The van der Waals surface area contributed by atoms with Gasteiger partial charge in [-0.1, -0.05) is 6.07 Å². The summed E-state index contributed by atoms with van der Waals surface area (Å²) in [5.74, 6) is 0. The van der Waals surface area contributed by atoms with E-state index in [2.05, 4.69) is 24.1 Å². The van der Waals surface area contributed by atoms with E-state index in [0.717, 1.165) is 13.0 Å². The van der Waals surface area contributed by atoms with Crippen LogP contribution in [-0.4, -0.2) is 22.2 Å². The number of hydrogen-bond acceptors (Lipinski definition) is 3. The van der Waals surface area contributed by atoms with Crippen molar-refractivity contribution in [1.29, 1.82) is 0 Å². The summed E-state index contributed by atoms with van der Waals surface area (Å²) in [6.45, 7) is 5.17. The first-order valence-electron chi connectivity index (χ1n) is 4.89. The fourth-order valence-corrected chi connectivity index (χ4v) is 1.21. The molecule has 1 rings (SSSR count). The fraction of sp³-hybridized carbons (Fsp3) is 0.545. The van der Waals surface area contributed by atoms with Crippen molar-refractivity contribution in [3.05, 3.63) is 30.1 Å². The number of rotatable bonds is 5. The van der Waals surface area contributed by atoms with Crippen molar-refractivity contribution in [2.75, 3.05) is 6.61 Å². The van der Waals surface area contributed by atoms with Gasteiger partial charge in [-0.05, 0) is 31.9 Å². The SMILES string of the molecule is CC(C)(CCO)NCc1cccnc1. The molecule has 1 heterocycles. The molecular weight excluding hydrogens is 176 g/mol. The smallest absolute Gasteiger partial charge is 0.0448 e. The molecule has 0 fully saturated rings. The lowest BCUT2D eigenvalue weighted by Gasteiger charge is -2.25. The largest absolute Gasteiger partial charge is 0.396 e. The fourth-order valence-electron chi connectivity index (χ4n) is 1.21. The van der Waals surface area contributed by atoms with Crippen LogP contribution < -0.4 is 5.32 Å². The topological polar surface area (TPSA) is 45.1 Å². The minimum Gasteiger partial charge on any atom is -0.396 e. The first kappa shape index (κ1) is 11.1. The molecule has 0 spiro atoms. The van der Waals surface area contributed by atoms with Gasteiger partial charge in [-0.15, -0.1) is 0 Å². The summed E-state index contributed by atoms with van der Waals surface area (Å²) in [6, 6.07) is 3.96. The number of aromatic nitrogens is 1. The molecule has 3 nitrogen and oxygen atoms in total. The lowest BCUT2D eigenvalue weighted by atomic mass is 10.0. The van der Waals surface area contributed by atoms with Gasteiger partial charge >= 0.3 is 0 Å². The first-order valence-corrected chi connectivity index (χ1v) is 4.89. The van der Waals surface area contributed by atoms with E-state index < -0.39 is 0 Å². The molecule has 0 aromatic carbocycles. The van der Waals surface area contributed by atoms with Gasteiger partial charge in [0.15, 0.2) is 0 Å². The zero-order valence-electron chi connectivity index (χ0n) is 8.83. The van der Waals surface area contributed by atoms with Gasteiger partial charge in [-0.25, -0.2) is 0 Å². The van der Waals surface area contributed by atoms with E-state index in [4.69, 9.17) is 5.11 Å². The predicted molar refractivity (Wildman–Crippen MR) is 56.9 cm³/mol. The number of aliphatic hydroxyl groups excluding tert-OH is 1. The Kier molecular flexibility index (Phi) is 4.04. The highest BCUT2D eigenvalue weighted by atomic mass is 16.3. The maximum absolute atomic E-state index is 8.85. The van der Waals surface area contributed by atoms with E-state index in [1.165, 1.54) is 5.56 Å². The average Bonchev–Trinajstić information content (AvgIpc) is 2.17. The van der Waals surface area contributed by atoms with E-state index in [0.29, 0.717) is 0 Å². The summed E-state index contributed by atoms with van der Waals surface area (Å²) in [4.78, 5) is 4.04. The molecular formula is C11H18N2O. The van der Waals surface area contributed by atoms with E-state index in [9.17, 15) is 0 Å². The van der Waals surface area contributed by atoms with E-state index in [-0.39, 0.29) is 12.1 Å². The normalized spacial score (nSPS) is 11.6. The van der Waals surface area contributed by atoms with Gasteiger partial charge in [-0.2, -0.15) is 0 Å². The number of nitrogens with zero attached hydrogens (tertiary/aromatic N) is 1. The summed E-state index contributed by atoms with van der Waals surface area (Å²) < 4.78 is 0. The van der Waals surface area contributed by atoms with Crippen molar-refractivity contribution in [2.24, 2.45) is 0 Å². The van der Waals surface area contributed by atoms with E-state index >= 15 is 0 Å². The van der Waals surface area contributed by atoms with Crippen LogP contribution in [0.5, 0.6) is 0 Å². The Bertz CT molecular complexity index is 259. The maximum atomic E-state index is 8.85. The third-order valence-electron chi connectivity index (χ3n) is 2.23. The molecule has 0 saturated carbocycles. The zero-order valence-corrected chi connectivity index (χ0v) is 8.83. The van der Waals surface area contributed by atoms with Gasteiger partial charge in [0.2, 0.25) is 0 Å². The molecule has 14 heavy (non-hydrogen) atoms. The summed E-state index contributed by atoms with van der Waals surface area (Å²) >= 11 is 0. The van der Waals surface area contributed by atoms with Gasteiger partial charge in [0.25, 0.3) is 0 Å². The van der Waals surface area contributed by atoms with Crippen LogP contribution >= 0.6 is 0 Å². The second kappa shape index (κ2) is 5.08. The zero-order chi connectivity index (χ0) is 10.4. The standard InChI is InChI=1S/C11H18N2O/c1-11(2,5-7-14)13-9-10-4-3-6-12-8-10/h3-4,6,8,13-14H,5,7,9H2,1-2H3. The minimum atomic E-state index is -0.0232. The Morgan fingerprint density at radius 2 is 2.29 bits per heavy atom. The summed E-state index contributed by atoms with van der Waals surface area (Å²) in [5.41, 5.74) is 1.14. The molecule has 0 atom stereocenters. The van der Waals surface area contributed by atoms with Gasteiger partial charge in [0.1, 0.15) is 0 Å². The van der Waals surface area contributed by atoms with Crippen LogP contribution in [0.4, 0.5) is 0 Å². The monoisotopic (exact) mass is 194 g/mol. The van der Waals surface area contributed by atoms with Crippen molar-refractivity contribution >= 4 is 0 Å². The molecule has 78 valence electrons. The Hall–Kier alpha value is -0.930. The van der Waals surface area contributed by atoms with Crippen molar-refractivity contribution in [3.8, 4) is 0 Å². The minimum absolute atomic E-state index is 0.0232. The van der Waals surface area contributed by atoms with Crippen LogP contribution in [0.2, 0.25) is 0 Å². The second-order valence-electron chi connectivity index (χ2n) is 4.07. The second-order valence-corrected chi connectivity index (χ2v) is 4.07. The Morgan fingerprint density at radius 3 is 2.86 bits per heavy atom. The molecule has 1 aromatic heterocycles. The summed E-state index contributed by atoms with van der Waals surface area (Å²) in [5, 5.41) is 12.2. The van der Waals surface area contributed by atoms with Gasteiger partial charge < -0.3 is 10.4 Å². The van der Waals surface area contributed by atoms with Crippen LogP contribution in [0.1, 0.15) is 25.8 Å². The Labute approximate surface area is 85.2 Å². The van der Waals surface area contributed by atoms with Crippen LogP contribution in [-0.2, 0) is 6.54 Å². The third-order valence-corrected chi connectivity index (χ3v) is 2.23. The van der Waals surface area contributed by atoms with Crippen molar-refractivity contribution < 1.29 is 5.11 Å². The first-order chi connectivity index (χ1) is 6.64. The van der Waals surface area contributed by atoms with E-state index in [1.54, 1.807) is 6.20 Å². The van der Waals surface area contributed by atoms with Crippen LogP contribution in [0.3, 0.4) is 0 Å². The number of aliphatic hydroxyl groups is 1. The number of pyridine rings is 1. The highest BCUT2D eigenvalue weighted by Crippen LogP contribution is 2.08. The quantitative estimate of drug-likeness (QED) is 0.743. The van der Waals surface area contributed by atoms with Gasteiger partial charge in [0.05, 0.1) is 0 Å². The highest BCUT2D eigenvalue weighted by molar-refractivity contribution is 5.08. The van der Waals surface area contributed by atoms with Crippen LogP contribution in [0.15, 0.2) is 24.5 Å². The lowest BCUT2D eigenvalue weighted by molar-refractivity contribution is 0.230. The van der Waals surface area contributed by atoms with Gasteiger partial charge in [-0.3, -0.25) is 4.98 Å². The van der Waals surface area contributed by atoms with Crippen LogP contribution in [0.25, 0.3) is 0 Å². The molecule has 3 heteroatoms. The number of hydrogen-bond donors (Lipinski definition) is 2. The highest BCUT2D eigenvalue weighted by Gasteiger charge is 2.15. The molecule has 0 bridgehead atoms. The molecule has 1 aromatic rings. The molecule has 0 amide bonds. The lowest BCUT2D eigenvalue weighted by Crippen LogP contribution is -2.39. The summed E-state index contributed by atoms with van der Waals surface area (Å²) in [7, 11) is 0. The maximum Gasteiger partial charge on any atom is 0.0448 e. The molecule has 0 unspecified atom stereocenters. The Morgan fingerprint density at radius 1 is 1.50 bits per heavy atom. The van der Waals surface area contributed by atoms with Gasteiger partial charge in [0, 0.05) is 31.1 Å². The van der Waals surface area contributed by atoms with E-state index in [1.807, 2.05) is 18.3 Å². The Balaban J connectivity index is 2.40. The molecule has 2 N–H and O–H groups in total. The van der Waals surface area contributed by atoms with Crippen molar-refractivity contribution in [3.63, 3.8) is 0 Å². The van der Waals surface area contributed by atoms with Crippen molar-refractivity contribution in [1.82, 2.24) is 10.3 Å². The summed E-state index contributed by atoms with van der Waals surface area (Å²) in [6.07, 6.45) is 4.37. The molecule has 0 aliphatic heterocycles. The molecule has 0 radical (unpaired) electrons. The molecule has 0 aliphatic rings. The molecule has 0 aliphatic carbocycles. The van der Waals surface area contributed by atoms with Crippen molar-refractivity contribution in [2.45, 2.75) is 32.4 Å². The third kappa shape index (κ3) is 3.85. The predicted octanol–water partition coefficient (Wildman–Crippen LogP) is 1.33. The van der Waals surface area contributed by atoms with Crippen LogP contribution in [0, 0.1) is 0 Å². The average molecular weight is 194 g/mol. The number of nitrogens with one attached hydrogen (secondary N) is 1. The molecule has 0 saturated heterocycles.